The normalized spacial score (nSPS) is 17.9. The summed E-state index contributed by atoms with van der Waals surface area (Å²) in [6.45, 7) is 7.08. The van der Waals surface area contributed by atoms with Crippen LogP contribution in [0.3, 0.4) is 0 Å². The average molecular weight is 440 g/mol. The van der Waals surface area contributed by atoms with Crippen LogP contribution in [0.1, 0.15) is 37.4 Å². The van der Waals surface area contributed by atoms with Crippen LogP contribution < -0.4 is 4.74 Å². The number of aromatic nitrogens is 1. The highest BCUT2D eigenvalue weighted by Gasteiger charge is 2.46. The zero-order chi connectivity index (χ0) is 23.3. The molecule has 0 aliphatic carbocycles. The van der Waals surface area contributed by atoms with E-state index in [1.54, 1.807) is 24.3 Å². The number of phenolic OH excluding ortho intramolecular Hbond substituents is 1. The third kappa shape index (κ3) is 4.60. The number of carbonyl (C=O) groups is 2. The van der Waals surface area contributed by atoms with Crippen molar-refractivity contribution in [1.29, 1.82) is 0 Å². The molecule has 2 N–H and O–H groups in total. The van der Waals surface area contributed by atoms with Gasteiger partial charge in [-0.1, -0.05) is 19.9 Å². The van der Waals surface area contributed by atoms with Crippen LogP contribution in [-0.2, 0) is 9.59 Å². The van der Waals surface area contributed by atoms with Crippen molar-refractivity contribution in [3.05, 3.63) is 59.4 Å². The first-order valence-corrected chi connectivity index (χ1v) is 10.7. The van der Waals surface area contributed by atoms with Gasteiger partial charge in [0.2, 0.25) is 0 Å². The van der Waals surface area contributed by atoms with Crippen molar-refractivity contribution in [3.8, 4) is 11.5 Å². The van der Waals surface area contributed by atoms with Gasteiger partial charge in [-0.25, -0.2) is 0 Å². The minimum absolute atomic E-state index is 0.0109. The van der Waals surface area contributed by atoms with Gasteiger partial charge < -0.3 is 24.7 Å². The number of Topliss-reactive ketones (excluding diaryl/α,β-unsaturated/α-hetero) is 1. The minimum atomic E-state index is -0.797. The number of likely N-dealkylation sites (tertiary alicyclic amines) is 1. The van der Waals surface area contributed by atoms with Gasteiger partial charge in [-0.2, -0.15) is 0 Å². The first kappa shape index (κ1) is 23.3. The Morgan fingerprint density at radius 3 is 2.47 bits per heavy atom. The number of nitrogens with zero attached hydrogens (tertiary/aromatic N) is 3. The van der Waals surface area contributed by atoms with E-state index in [0.29, 0.717) is 24.1 Å². The minimum Gasteiger partial charge on any atom is -0.507 e. The number of aromatic hydroxyl groups is 1. The molecule has 1 amide bonds. The maximum absolute atomic E-state index is 13.0. The molecule has 8 nitrogen and oxygen atoms in total. The van der Waals surface area contributed by atoms with Crippen LogP contribution in [0.4, 0.5) is 0 Å². The Balaban J connectivity index is 2.06. The highest BCUT2D eigenvalue weighted by Crippen LogP contribution is 2.41. The monoisotopic (exact) mass is 439 g/mol. The maximum atomic E-state index is 13.0. The highest BCUT2D eigenvalue weighted by atomic mass is 16.5. The van der Waals surface area contributed by atoms with Crippen molar-refractivity contribution in [3.63, 3.8) is 0 Å². The Morgan fingerprint density at radius 2 is 1.84 bits per heavy atom. The second-order valence-corrected chi connectivity index (χ2v) is 7.54. The van der Waals surface area contributed by atoms with E-state index in [9.17, 15) is 19.8 Å². The molecule has 3 rings (SSSR count). The summed E-state index contributed by atoms with van der Waals surface area (Å²) in [6, 6.07) is 7.04. The van der Waals surface area contributed by atoms with Gasteiger partial charge in [0.25, 0.3) is 11.7 Å². The standard InChI is InChI=1S/C24H29N3O5/c1-4-26(5-2)13-6-14-27-21(17-7-8-18(28)19(15-17)32-3)20(23(30)24(27)31)22(29)16-9-11-25-12-10-16/h7-12,15,21,28-29H,4-6,13-14H2,1-3H3. The molecule has 1 unspecified atom stereocenters. The van der Waals surface area contributed by atoms with Gasteiger partial charge in [0.1, 0.15) is 5.76 Å². The molecule has 2 aromatic rings. The largest absolute Gasteiger partial charge is 0.507 e. The van der Waals surface area contributed by atoms with Crippen molar-refractivity contribution in [2.24, 2.45) is 0 Å². The third-order valence-corrected chi connectivity index (χ3v) is 5.78. The average Bonchev–Trinajstić information content (AvgIpc) is 3.07. The molecule has 1 aromatic carbocycles. The van der Waals surface area contributed by atoms with Gasteiger partial charge in [0.05, 0.1) is 18.7 Å². The van der Waals surface area contributed by atoms with Crippen molar-refractivity contribution >= 4 is 17.4 Å². The number of ketones is 1. The number of aliphatic hydroxyl groups is 1. The molecule has 170 valence electrons. The van der Waals surface area contributed by atoms with E-state index in [-0.39, 0.29) is 22.8 Å². The van der Waals surface area contributed by atoms with Gasteiger partial charge in [0, 0.05) is 24.5 Å². The lowest BCUT2D eigenvalue weighted by molar-refractivity contribution is -0.140. The Labute approximate surface area is 187 Å². The van der Waals surface area contributed by atoms with Crippen LogP contribution in [-0.4, -0.2) is 70.0 Å². The third-order valence-electron chi connectivity index (χ3n) is 5.78. The van der Waals surface area contributed by atoms with Gasteiger partial charge >= 0.3 is 0 Å². The Bertz CT molecular complexity index is 1000. The lowest BCUT2D eigenvalue weighted by Crippen LogP contribution is -2.33. The smallest absolute Gasteiger partial charge is 0.295 e. The molecular formula is C24H29N3O5. The lowest BCUT2D eigenvalue weighted by Gasteiger charge is -2.27. The number of aliphatic hydroxyl groups excluding tert-OH is 1. The van der Waals surface area contributed by atoms with Crippen molar-refractivity contribution in [2.45, 2.75) is 26.3 Å². The molecular weight excluding hydrogens is 410 g/mol. The number of hydrogen-bond donors (Lipinski definition) is 2. The summed E-state index contributed by atoms with van der Waals surface area (Å²) in [7, 11) is 1.43. The van der Waals surface area contributed by atoms with Crippen LogP contribution in [0.25, 0.3) is 5.76 Å². The molecule has 0 saturated carbocycles. The van der Waals surface area contributed by atoms with E-state index in [0.717, 1.165) is 19.6 Å². The second kappa shape index (κ2) is 10.3. The number of methoxy groups -OCH3 is 1. The summed E-state index contributed by atoms with van der Waals surface area (Å²) in [4.78, 5) is 33.7. The number of amides is 1. The quantitative estimate of drug-likeness (QED) is 0.352. The number of rotatable bonds is 9. The molecule has 2 heterocycles. The fraction of sp³-hybridized carbons (Fsp3) is 0.375. The highest BCUT2D eigenvalue weighted by molar-refractivity contribution is 6.46. The summed E-state index contributed by atoms with van der Waals surface area (Å²) >= 11 is 0. The van der Waals surface area contributed by atoms with Crippen molar-refractivity contribution in [1.82, 2.24) is 14.8 Å². The summed E-state index contributed by atoms with van der Waals surface area (Å²) in [5.74, 6) is -1.48. The molecule has 1 aliphatic heterocycles. The molecule has 1 atom stereocenters. The van der Waals surface area contributed by atoms with Crippen LogP contribution in [0.15, 0.2) is 48.3 Å². The Hall–Kier alpha value is -3.39. The topological polar surface area (TPSA) is 103 Å². The number of pyridine rings is 1. The molecule has 1 aliphatic rings. The second-order valence-electron chi connectivity index (χ2n) is 7.54. The van der Waals surface area contributed by atoms with Crippen LogP contribution in [0.5, 0.6) is 11.5 Å². The number of phenols is 1. The van der Waals surface area contributed by atoms with E-state index in [1.807, 2.05) is 0 Å². The molecule has 1 aromatic heterocycles. The predicted octanol–water partition coefficient (Wildman–Crippen LogP) is 2.95. The first-order valence-electron chi connectivity index (χ1n) is 10.7. The number of carbonyl (C=O) groups excluding carboxylic acids is 2. The number of hydrogen-bond acceptors (Lipinski definition) is 7. The zero-order valence-electron chi connectivity index (χ0n) is 18.6. The van der Waals surface area contributed by atoms with E-state index < -0.39 is 17.7 Å². The number of benzene rings is 1. The van der Waals surface area contributed by atoms with E-state index in [2.05, 4.69) is 23.7 Å². The van der Waals surface area contributed by atoms with Crippen molar-refractivity contribution in [2.75, 3.05) is 33.3 Å². The Kier molecular flexibility index (Phi) is 7.48. The fourth-order valence-corrected chi connectivity index (χ4v) is 3.99. The first-order chi connectivity index (χ1) is 15.4. The molecule has 0 bridgehead atoms. The lowest BCUT2D eigenvalue weighted by atomic mass is 9.95. The molecule has 8 heteroatoms. The maximum Gasteiger partial charge on any atom is 0.295 e. The number of ether oxygens (including phenoxy) is 1. The molecule has 1 fully saturated rings. The summed E-state index contributed by atoms with van der Waals surface area (Å²) in [5, 5.41) is 21.0. The van der Waals surface area contributed by atoms with Crippen LogP contribution in [0, 0.1) is 0 Å². The molecule has 0 spiro atoms. The fourth-order valence-electron chi connectivity index (χ4n) is 3.99. The Morgan fingerprint density at radius 1 is 1.16 bits per heavy atom. The zero-order valence-corrected chi connectivity index (χ0v) is 18.6. The molecule has 0 radical (unpaired) electrons. The summed E-state index contributed by atoms with van der Waals surface area (Å²) in [6.07, 6.45) is 3.69. The SMILES string of the molecule is CCN(CC)CCCN1C(=O)C(=O)C(=C(O)c2ccncc2)C1c1ccc(O)c(OC)c1. The summed E-state index contributed by atoms with van der Waals surface area (Å²) in [5.41, 5.74) is 0.978. The van der Waals surface area contributed by atoms with Crippen LogP contribution in [0.2, 0.25) is 0 Å². The molecule has 32 heavy (non-hydrogen) atoms. The predicted molar refractivity (Wildman–Crippen MR) is 120 cm³/mol. The van der Waals surface area contributed by atoms with Gasteiger partial charge in [-0.05, 0) is 55.9 Å². The van der Waals surface area contributed by atoms with Gasteiger partial charge in [-0.3, -0.25) is 14.6 Å². The van der Waals surface area contributed by atoms with Gasteiger partial charge in [-0.15, -0.1) is 0 Å². The van der Waals surface area contributed by atoms with Gasteiger partial charge in [0.15, 0.2) is 11.5 Å². The van der Waals surface area contributed by atoms with E-state index >= 15 is 0 Å². The van der Waals surface area contributed by atoms with E-state index in [1.165, 1.54) is 30.5 Å². The van der Waals surface area contributed by atoms with Crippen molar-refractivity contribution < 1.29 is 24.5 Å². The summed E-state index contributed by atoms with van der Waals surface area (Å²) < 4.78 is 5.22. The van der Waals surface area contributed by atoms with E-state index in [4.69, 9.17) is 4.74 Å². The van der Waals surface area contributed by atoms with Crippen LogP contribution >= 0.6 is 0 Å². The molecule has 1 saturated heterocycles.